The first-order valence-corrected chi connectivity index (χ1v) is 6.87. The van der Waals surface area contributed by atoms with E-state index in [0.29, 0.717) is 23.0 Å². The summed E-state index contributed by atoms with van der Waals surface area (Å²) in [5.41, 5.74) is 1.28. The molecule has 0 aliphatic rings. The molecular weight excluding hydrogens is 292 g/mol. The molecule has 0 aliphatic carbocycles. The molecule has 0 saturated carbocycles. The maximum Gasteiger partial charge on any atom is 0.292 e. The van der Waals surface area contributed by atoms with E-state index in [2.05, 4.69) is 5.32 Å². The van der Waals surface area contributed by atoms with Crippen LogP contribution in [0.1, 0.15) is 12.5 Å². The second-order valence-electron chi connectivity index (χ2n) is 4.38. The van der Waals surface area contributed by atoms with Gasteiger partial charge in [0.15, 0.2) is 0 Å². The van der Waals surface area contributed by atoms with Crippen LogP contribution in [0.15, 0.2) is 42.5 Å². The Morgan fingerprint density at radius 3 is 2.76 bits per heavy atom. The van der Waals surface area contributed by atoms with Crippen molar-refractivity contribution in [1.29, 1.82) is 0 Å². The van der Waals surface area contributed by atoms with Crippen LogP contribution >= 0.6 is 11.6 Å². The second-order valence-corrected chi connectivity index (χ2v) is 4.82. The summed E-state index contributed by atoms with van der Waals surface area (Å²) in [6.07, 6.45) is 0. The number of nitrogens with one attached hydrogen (secondary N) is 1. The van der Waals surface area contributed by atoms with Crippen LogP contribution in [-0.2, 0) is 6.61 Å². The molecule has 0 saturated heterocycles. The number of nitro groups is 1. The fraction of sp³-hybridized carbons (Fsp3) is 0.200. The van der Waals surface area contributed by atoms with E-state index in [1.54, 1.807) is 36.4 Å². The topological polar surface area (TPSA) is 64.4 Å². The molecule has 110 valence electrons. The summed E-state index contributed by atoms with van der Waals surface area (Å²) in [7, 11) is 0. The maximum absolute atomic E-state index is 11.1. The normalized spacial score (nSPS) is 10.2. The smallest absolute Gasteiger partial charge is 0.292 e. The third-order valence-corrected chi connectivity index (χ3v) is 3.06. The van der Waals surface area contributed by atoms with Crippen LogP contribution in [0.3, 0.4) is 0 Å². The van der Waals surface area contributed by atoms with Gasteiger partial charge in [0.2, 0.25) is 0 Å². The summed E-state index contributed by atoms with van der Waals surface area (Å²) in [6.45, 7) is 2.76. The SMILES string of the molecule is CCNc1ccc(COc2cccc(Cl)c2)cc1[N+](=O)[O-]. The van der Waals surface area contributed by atoms with Gasteiger partial charge in [-0.2, -0.15) is 0 Å². The Kier molecular flexibility index (Phi) is 5.00. The zero-order valence-electron chi connectivity index (χ0n) is 11.5. The minimum atomic E-state index is -0.402. The van der Waals surface area contributed by atoms with Crippen molar-refractivity contribution < 1.29 is 9.66 Å². The number of halogens is 1. The summed E-state index contributed by atoms with van der Waals surface area (Å²) >= 11 is 5.87. The van der Waals surface area contributed by atoms with Crippen LogP contribution in [0.5, 0.6) is 5.75 Å². The molecule has 21 heavy (non-hydrogen) atoms. The van der Waals surface area contributed by atoms with Crippen LogP contribution in [0.4, 0.5) is 11.4 Å². The number of ether oxygens (including phenoxy) is 1. The zero-order valence-corrected chi connectivity index (χ0v) is 12.3. The summed E-state index contributed by atoms with van der Waals surface area (Å²) in [6, 6.07) is 12.0. The highest BCUT2D eigenvalue weighted by atomic mass is 35.5. The van der Waals surface area contributed by atoms with Crippen LogP contribution in [0.2, 0.25) is 5.02 Å². The van der Waals surface area contributed by atoms with Gasteiger partial charge in [0, 0.05) is 17.6 Å². The largest absolute Gasteiger partial charge is 0.489 e. The lowest BCUT2D eigenvalue weighted by Crippen LogP contribution is -2.03. The molecule has 0 atom stereocenters. The summed E-state index contributed by atoms with van der Waals surface area (Å²) in [4.78, 5) is 10.7. The molecule has 0 fully saturated rings. The molecule has 5 nitrogen and oxygen atoms in total. The molecule has 0 radical (unpaired) electrons. The molecule has 0 bridgehead atoms. The number of hydrogen-bond donors (Lipinski definition) is 1. The molecular formula is C15H15ClN2O3. The highest BCUT2D eigenvalue weighted by molar-refractivity contribution is 6.30. The Hall–Kier alpha value is -2.27. The molecule has 2 aromatic rings. The fourth-order valence-electron chi connectivity index (χ4n) is 1.88. The zero-order chi connectivity index (χ0) is 15.2. The van der Waals surface area contributed by atoms with Gasteiger partial charge in [-0.15, -0.1) is 0 Å². The van der Waals surface area contributed by atoms with Crippen molar-refractivity contribution in [3.8, 4) is 5.75 Å². The number of nitrogens with zero attached hydrogens (tertiary/aromatic N) is 1. The van der Waals surface area contributed by atoms with Gasteiger partial charge in [-0.25, -0.2) is 0 Å². The van der Waals surface area contributed by atoms with E-state index in [4.69, 9.17) is 16.3 Å². The average Bonchev–Trinajstić information content (AvgIpc) is 2.46. The summed E-state index contributed by atoms with van der Waals surface area (Å²) in [5.74, 6) is 0.626. The summed E-state index contributed by atoms with van der Waals surface area (Å²) in [5, 5.41) is 14.6. The Morgan fingerprint density at radius 2 is 2.10 bits per heavy atom. The molecule has 2 rings (SSSR count). The minimum Gasteiger partial charge on any atom is -0.489 e. The Bertz CT molecular complexity index is 647. The van der Waals surface area contributed by atoms with Crippen molar-refractivity contribution in [2.75, 3.05) is 11.9 Å². The van der Waals surface area contributed by atoms with Crippen LogP contribution < -0.4 is 10.1 Å². The lowest BCUT2D eigenvalue weighted by molar-refractivity contribution is -0.384. The predicted molar refractivity (Wildman–Crippen MR) is 83.0 cm³/mol. The highest BCUT2D eigenvalue weighted by Gasteiger charge is 2.14. The number of nitro benzene ring substituents is 1. The first-order valence-electron chi connectivity index (χ1n) is 6.49. The summed E-state index contributed by atoms with van der Waals surface area (Å²) < 4.78 is 5.58. The van der Waals surface area contributed by atoms with E-state index in [1.807, 2.05) is 6.92 Å². The Morgan fingerprint density at radius 1 is 1.29 bits per heavy atom. The monoisotopic (exact) mass is 306 g/mol. The van der Waals surface area contributed by atoms with Gasteiger partial charge in [0.1, 0.15) is 18.0 Å². The van der Waals surface area contributed by atoms with E-state index < -0.39 is 4.92 Å². The van der Waals surface area contributed by atoms with Crippen LogP contribution in [-0.4, -0.2) is 11.5 Å². The van der Waals surface area contributed by atoms with Gasteiger partial charge in [0.25, 0.3) is 5.69 Å². The third kappa shape index (κ3) is 4.10. The first-order chi connectivity index (χ1) is 10.1. The van der Waals surface area contributed by atoms with Gasteiger partial charge >= 0.3 is 0 Å². The molecule has 2 aromatic carbocycles. The van der Waals surface area contributed by atoms with Gasteiger partial charge in [0.05, 0.1) is 4.92 Å². The molecule has 0 spiro atoms. The average molecular weight is 307 g/mol. The maximum atomic E-state index is 11.1. The molecule has 6 heteroatoms. The molecule has 0 amide bonds. The lowest BCUT2D eigenvalue weighted by atomic mass is 10.2. The van der Waals surface area contributed by atoms with E-state index in [9.17, 15) is 10.1 Å². The molecule has 0 heterocycles. The van der Waals surface area contributed by atoms with Gasteiger partial charge in [-0.05, 0) is 36.8 Å². The number of benzene rings is 2. The van der Waals surface area contributed by atoms with Crippen molar-refractivity contribution in [1.82, 2.24) is 0 Å². The van der Waals surface area contributed by atoms with E-state index in [-0.39, 0.29) is 12.3 Å². The number of hydrogen-bond acceptors (Lipinski definition) is 4. The van der Waals surface area contributed by atoms with Gasteiger partial charge < -0.3 is 10.1 Å². The van der Waals surface area contributed by atoms with Crippen molar-refractivity contribution in [2.45, 2.75) is 13.5 Å². The fourth-order valence-corrected chi connectivity index (χ4v) is 2.06. The van der Waals surface area contributed by atoms with Gasteiger partial charge in [-0.1, -0.05) is 23.7 Å². The molecule has 0 aromatic heterocycles. The third-order valence-electron chi connectivity index (χ3n) is 2.83. The van der Waals surface area contributed by atoms with Crippen LogP contribution in [0, 0.1) is 10.1 Å². The van der Waals surface area contributed by atoms with E-state index in [1.165, 1.54) is 6.07 Å². The first kappa shape index (κ1) is 15.1. The Balaban J connectivity index is 2.13. The predicted octanol–water partition coefficient (Wildman–Crippen LogP) is 4.26. The standard InChI is InChI=1S/C15H15ClN2O3/c1-2-17-14-7-6-11(8-15(14)18(19)20)10-21-13-5-3-4-12(16)9-13/h3-9,17H,2,10H2,1H3. The second kappa shape index (κ2) is 6.95. The Labute approximate surface area is 127 Å². The molecule has 1 N–H and O–H groups in total. The molecule has 0 unspecified atom stereocenters. The van der Waals surface area contributed by atoms with E-state index >= 15 is 0 Å². The van der Waals surface area contributed by atoms with Crippen molar-refractivity contribution in [2.24, 2.45) is 0 Å². The number of rotatable bonds is 6. The molecule has 0 aliphatic heterocycles. The highest BCUT2D eigenvalue weighted by Crippen LogP contribution is 2.26. The van der Waals surface area contributed by atoms with Crippen molar-refractivity contribution >= 4 is 23.0 Å². The minimum absolute atomic E-state index is 0.0454. The van der Waals surface area contributed by atoms with Gasteiger partial charge in [-0.3, -0.25) is 10.1 Å². The van der Waals surface area contributed by atoms with Crippen LogP contribution in [0.25, 0.3) is 0 Å². The quantitative estimate of drug-likeness (QED) is 0.640. The lowest BCUT2D eigenvalue weighted by Gasteiger charge is -2.09. The number of anilines is 1. The van der Waals surface area contributed by atoms with Crippen molar-refractivity contribution in [3.63, 3.8) is 0 Å². The van der Waals surface area contributed by atoms with Crippen molar-refractivity contribution in [3.05, 3.63) is 63.2 Å². The van der Waals surface area contributed by atoms with E-state index in [0.717, 1.165) is 5.56 Å².